The quantitative estimate of drug-likeness (QED) is 0.669. The van der Waals surface area contributed by atoms with Crippen molar-refractivity contribution in [3.8, 4) is 6.07 Å². The van der Waals surface area contributed by atoms with Crippen molar-refractivity contribution in [1.29, 1.82) is 5.26 Å². The number of aromatic amines is 1. The highest BCUT2D eigenvalue weighted by Gasteiger charge is 2.24. The Hall–Kier alpha value is -1.56. The van der Waals surface area contributed by atoms with Crippen LogP contribution in [0.3, 0.4) is 0 Å². The minimum absolute atomic E-state index is 0.194. The number of aromatic nitrogens is 1. The van der Waals surface area contributed by atoms with Gasteiger partial charge in [-0.15, -0.1) is 0 Å². The zero-order valence-corrected chi connectivity index (χ0v) is 6.50. The summed E-state index contributed by atoms with van der Waals surface area (Å²) in [5, 5.41) is 8.49. The van der Waals surface area contributed by atoms with Gasteiger partial charge in [0, 0.05) is 5.69 Å². The van der Waals surface area contributed by atoms with Crippen LogP contribution in [0.15, 0.2) is 16.9 Å². The Kier molecular flexibility index (Phi) is 1.47. The van der Waals surface area contributed by atoms with Crippen molar-refractivity contribution in [2.75, 3.05) is 0 Å². The lowest BCUT2D eigenvalue weighted by molar-refractivity contribution is 0.995. The highest BCUT2D eigenvalue weighted by Crippen LogP contribution is 2.38. The Morgan fingerprint density at radius 2 is 2.25 bits per heavy atom. The molecule has 1 heterocycles. The highest BCUT2D eigenvalue weighted by atomic mass is 16.1. The predicted octanol–water partition coefficient (Wildman–Crippen LogP) is 1.12. The van der Waals surface area contributed by atoms with Crippen molar-refractivity contribution >= 4 is 0 Å². The number of nitrogens with zero attached hydrogens (tertiary/aromatic N) is 1. The summed E-state index contributed by atoms with van der Waals surface area (Å²) in [7, 11) is 0. The molecule has 0 radical (unpaired) electrons. The van der Waals surface area contributed by atoms with E-state index < -0.39 is 0 Å². The van der Waals surface area contributed by atoms with Crippen LogP contribution in [0.2, 0.25) is 0 Å². The molecule has 0 bridgehead atoms. The standard InChI is InChI=1S/C9H8N2O/c10-5-7-3-4-8(6-1-2-6)11-9(7)12/h3-4,6H,1-2H2,(H,11,12). The molecule has 12 heavy (non-hydrogen) atoms. The van der Waals surface area contributed by atoms with Crippen LogP contribution in [0.1, 0.15) is 30.0 Å². The van der Waals surface area contributed by atoms with Crippen LogP contribution >= 0.6 is 0 Å². The van der Waals surface area contributed by atoms with Crippen LogP contribution in [0, 0.1) is 11.3 Å². The van der Waals surface area contributed by atoms with Crippen LogP contribution in [0.4, 0.5) is 0 Å². The van der Waals surface area contributed by atoms with Gasteiger partial charge in [0.2, 0.25) is 0 Å². The van der Waals surface area contributed by atoms with Gasteiger partial charge in [-0.05, 0) is 30.9 Å². The van der Waals surface area contributed by atoms with Crippen molar-refractivity contribution in [3.05, 3.63) is 33.7 Å². The zero-order valence-electron chi connectivity index (χ0n) is 6.50. The maximum absolute atomic E-state index is 11.1. The number of rotatable bonds is 1. The first-order chi connectivity index (χ1) is 5.81. The Morgan fingerprint density at radius 1 is 1.50 bits per heavy atom. The Balaban J connectivity index is 2.46. The second kappa shape index (κ2) is 2.49. The summed E-state index contributed by atoms with van der Waals surface area (Å²) in [6, 6.07) is 5.26. The topological polar surface area (TPSA) is 56.6 Å². The summed E-state index contributed by atoms with van der Waals surface area (Å²) in [4.78, 5) is 13.8. The van der Waals surface area contributed by atoms with Crippen LogP contribution in [-0.4, -0.2) is 4.98 Å². The van der Waals surface area contributed by atoms with Gasteiger partial charge >= 0.3 is 0 Å². The maximum Gasteiger partial charge on any atom is 0.266 e. The average Bonchev–Trinajstić information content (AvgIpc) is 2.86. The molecule has 0 saturated heterocycles. The molecule has 1 aromatic rings. The molecule has 3 heteroatoms. The summed E-state index contributed by atoms with van der Waals surface area (Å²) >= 11 is 0. The van der Waals surface area contributed by atoms with Crippen molar-refractivity contribution in [3.63, 3.8) is 0 Å². The van der Waals surface area contributed by atoms with E-state index >= 15 is 0 Å². The summed E-state index contributed by atoms with van der Waals surface area (Å²) in [5.41, 5.74) is 0.903. The van der Waals surface area contributed by atoms with E-state index in [1.807, 2.05) is 12.1 Å². The first-order valence-electron chi connectivity index (χ1n) is 3.94. The van der Waals surface area contributed by atoms with Crippen LogP contribution < -0.4 is 5.56 Å². The normalized spacial score (nSPS) is 15.6. The fourth-order valence-corrected chi connectivity index (χ4v) is 1.21. The smallest absolute Gasteiger partial charge is 0.266 e. The lowest BCUT2D eigenvalue weighted by Gasteiger charge is -1.95. The molecule has 3 nitrogen and oxygen atoms in total. The van der Waals surface area contributed by atoms with Gasteiger partial charge in [-0.2, -0.15) is 5.26 Å². The first kappa shape index (κ1) is 7.11. The second-order valence-electron chi connectivity index (χ2n) is 3.04. The van der Waals surface area contributed by atoms with Gasteiger partial charge in [0.1, 0.15) is 11.6 Å². The minimum atomic E-state index is -0.262. The van der Waals surface area contributed by atoms with E-state index in [1.165, 1.54) is 0 Å². The number of hydrogen-bond acceptors (Lipinski definition) is 2. The molecule has 1 N–H and O–H groups in total. The molecular formula is C9H8N2O. The molecule has 1 aliphatic rings. The third kappa shape index (κ3) is 1.12. The molecule has 1 fully saturated rings. The van der Waals surface area contributed by atoms with Gasteiger partial charge in [-0.25, -0.2) is 0 Å². The maximum atomic E-state index is 11.1. The van der Waals surface area contributed by atoms with Crippen LogP contribution in [-0.2, 0) is 0 Å². The largest absolute Gasteiger partial charge is 0.325 e. The van der Waals surface area contributed by atoms with E-state index in [1.54, 1.807) is 6.07 Å². The Labute approximate surface area is 69.7 Å². The predicted molar refractivity (Wildman–Crippen MR) is 43.8 cm³/mol. The van der Waals surface area contributed by atoms with Crippen LogP contribution in [0.5, 0.6) is 0 Å². The number of hydrogen-bond donors (Lipinski definition) is 1. The molecular weight excluding hydrogens is 152 g/mol. The van der Waals surface area contributed by atoms with E-state index in [0.717, 1.165) is 18.5 Å². The first-order valence-corrected chi connectivity index (χ1v) is 3.94. The third-order valence-corrected chi connectivity index (χ3v) is 2.07. The summed E-state index contributed by atoms with van der Waals surface area (Å²) in [6.07, 6.45) is 2.31. The molecule has 0 amide bonds. The van der Waals surface area contributed by atoms with Gasteiger partial charge < -0.3 is 4.98 Å². The van der Waals surface area contributed by atoms with Crippen molar-refractivity contribution in [1.82, 2.24) is 4.98 Å². The third-order valence-electron chi connectivity index (χ3n) is 2.07. The molecule has 0 aromatic carbocycles. The second-order valence-corrected chi connectivity index (χ2v) is 3.04. The van der Waals surface area contributed by atoms with Gasteiger partial charge in [0.15, 0.2) is 0 Å². The van der Waals surface area contributed by atoms with Crippen molar-refractivity contribution < 1.29 is 0 Å². The molecule has 60 valence electrons. The summed E-state index contributed by atoms with van der Waals surface area (Å²) in [6.45, 7) is 0. The number of pyridine rings is 1. The molecule has 1 saturated carbocycles. The molecule has 2 rings (SSSR count). The summed E-state index contributed by atoms with van der Waals surface area (Å²) < 4.78 is 0. The van der Waals surface area contributed by atoms with Crippen LogP contribution in [0.25, 0.3) is 0 Å². The van der Waals surface area contributed by atoms with E-state index in [9.17, 15) is 4.79 Å². The van der Waals surface area contributed by atoms with Crippen molar-refractivity contribution in [2.24, 2.45) is 0 Å². The molecule has 1 aromatic heterocycles. The summed E-state index contributed by atoms with van der Waals surface area (Å²) in [5.74, 6) is 0.533. The number of nitrogens with one attached hydrogen (secondary N) is 1. The minimum Gasteiger partial charge on any atom is -0.325 e. The van der Waals surface area contributed by atoms with Gasteiger partial charge in [0.05, 0.1) is 0 Å². The molecule has 0 atom stereocenters. The number of nitriles is 1. The Bertz CT molecular complexity index is 396. The monoisotopic (exact) mass is 160 g/mol. The van der Waals surface area contributed by atoms with E-state index in [0.29, 0.717) is 5.92 Å². The van der Waals surface area contributed by atoms with Gasteiger partial charge in [0.25, 0.3) is 5.56 Å². The molecule has 0 unspecified atom stereocenters. The lowest BCUT2D eigenvalue weighted by atomic mass is 10.2. The number of H-pyrrole nitrogens is 1. The van der Waals surface area contributed by atoms with Gasteiger partial charge in [-0.3, -0.25) is 4.79 Å². The van der Waals surface area contributed by atoms with E-state index in [4.69, 9.17) is 5.26 Å². The van der Waals surface area contributed by atoms with E-state index in [2.05, 4.69) is 4.98 Å². The molecule has 0 spiro atoms. The highest BCUT2D eigenvalue weighted by molar-refractivity contribution is 5.28. The molecule has 1 aliphatic carbocycles. The van der Waals surface area contributed by atoms with Crippen molar-refractivity contribution in [2.45, 2.75) is 18.8 Å². The van der Waals surface area contributed by atoms with Gasteiger partial charge in [-0.1, -0.05) is 0 Å². The fourth-order valence-electron chi connectivity index (χ4n) is 1.21. The lowest BCUT2D eigenvalue weighted by Crippen LogP contribution is -2.11. The Morgan fingerprint density at radius 3 is 2.75 bits per heavy atom. The molecule has 0 aliphatic heterocycles. The SMILES string of the molecule is N#Cc1ccc(C2CC2)[nH]c1=O. The zero-order chi connectivity index (χ0) is 8.55. The fraction of sp³-hybridized carbons (Fsp3) is 0.333. The van der Waals surface area contributed by atoms with E-state index in [-0.39, 0.29) is 11.1 Å². The average molecular weight is 160 g/mol.